The number of nitrogens with one attached hydrogen (secondary N) is 2. The van der Waals surface area contributed by atoms with Crippen LogP contribution in [0.3, 0.4) is 0 Å². The van der Waals surface area contributed by atoms with Gasteiger partial charge in [0.15, 0.2) is 0 Å². The molecule has 1 atom stereocenters. The Hall–Kier alpha value is -1.14. The molecule has 1 unspecified atom stereocenters. The van der Waals surface area contributed by atoms with E-state index in [1.54, 1.807) is 0 Å². The van der Waals surface area contributed by atoms with Gasteiger partial charge in [0.25, 0.3) is 0 Å². The molecular formula is C10H19N3O3. The monoisotopic (exact) mass is 229 g/mol. The molecule has 0 radical (unpaired) electrons. The molecule has 0 spiro atoms. The van der Waals surface area contributed by atoms with Gasteiger partial charge in [0, 0.05) is 39.6 Å². The van der Waals surface area contributed by atoms with Crippen LogP contribution in [-0.4, -0.2) is 62.7 Å². The minimum atomic E-state index is -0.569. The number of hydrogen-bond donors (Lipinski definition) is 2. The van der Waals surface area contributed by atoms with Crippen molar-refractivity contribution in [3.05, 3.63) is 0 Å². The minimum absolute atomic E-state index is 0.217. The Morgan fingerprint density at radius 3 is 2.56 bits per heavy atom. The van der Waals surface area contributed by atoms with Crippen LogP contribution in [0.1, 0.15) is 6.92 Å². The smallest absolute Gasteiger partial charge is 0.329 e. The van der Waals surface area contributed by atoms with Crippen LogP contribution in [0.2, 0.25) is 0 Å². The number of piperazine rings is 1. The first-order valence-corrected chi connectivity index (χ1v) is 5.41. The number of rotatable bonds is 4. The molecule has 1 fully saturated rings. The summed E-state index contributed by atoms with van der Waals surface area (Å²) in [4.78, 5) is 24.5. The maximum Gasteiger partial charge on any atom is 0.329 e. The first-order valence-electron chi connectivity index (χ1n) is 5.41. The number of carbonyl (C=O) groups excluding carboxylic acids is 2. The second-order valence-corrected chi connectivity index (χ2v) is 3.83. The highest BCUT2D eigenvalue weighted by Gasteiger charge is 2.23. The van der Waals surface area contributed by atoms with Crippen molar-refractivity contribution < 1.29 is 14.3 Å². The number of esters is 1. The summed E-state index contributed by atoms with van der Waals surface area (Å²) in [6, 6.07) is -0.569. The number of carbonyl (C=O) groups is 2. The number of nitrogens with zero attached hydrogens (tertiary/aromatic N) is 1. The largest absolute Gasteiger partial charge is 0.467 e. The van der Waals surface area contributed by atoms with Crippen molar-refractivity contribution >= 4 is 11.9 Å². The van der Waals surface area contributed by atoms with E-state index >= 15 is 0 Å². The quantitative estimate of drug-likeness (QED) is 0.578. The summed E-state index contributed by atoms with van der Waals surface area (Å²) in [6.07, 6.45) is 0. The van der Waals surface area contributed by atoms with Gasteiger partial charge in [0.1, 0.15) is 6.04 Å². The first kappa shape index (κ1) is 12.9. The lowest BCUT2D eigenvalue weighted by Crippen LogP contribution is -2.52. The molecule has 1 aliphatic heterocycles. The zero-order chi connectivity index (χ0) is 12.0. The Morgan fingerprint density at radius 1 is 1.44 bits per heavy atom. The highest BCUT2D eigenvalue weighted by molar-refractivity contribution is 5.83. The van der Waals surface area contributed by atoms with E-state index in [9.17, 15) is 9.59 Å². The maximum atomic E-state index is 11.4. The van der Waals surface area contributed by atoms with E-state index in [1.807, 2.05) is 0 Å². The number of amides is 1. The molecular weight excluding hydrogens is 210 g/mol. The Morgan fingerprint density at radius 2 is 2.06 bits per heavy atom. The third-order valence-corrected chi connectivity index (χ3v) is 2.51. The lowest BCUT2D eigenvalue weighted by atomic mass is 10.2. The van der Waals surface area contributed by atoms with E-state index in [4.69, 9.17) is 0 Å². The molecule has 2 N–H and O–H groups in total. The molecule has 0 aromatic heterocycles. The van der Waals surface area contributed by atoms with Gasteiger partial charge in [-0.05, 0) is 0 Å². The van der Waals surface area contributed by atoms with Crippen LogP contribution in [0, 0.1) is 0 Å². The van der Waals surface area contributed by atoms with Crippen LogP contribution in [0.25, 0.3) is 0 Å². The molecule has 1 saturated heterocycles. The van der Waals surface area contributed by atoms with E-state index in [1.165, 1.54) is 14.0 Å². The normalized spacial score (nSPS) is 18.9. The summed E-state index contributed by atoms with van der Waals surface area (Å²) in [5.74, 6) is -0.612. The zero-order valence-electron chi connectivity index (χ0n) is 9.78. The van der Waals surface area contributed by atoms with Gasteiger partial charge in [-0.3, -0.25) is 9.69 Å². The van der Waals surface area contributed by atoms with Crippen molar-refractivity contribution in [2.45, 2.75) is 13.0 Å². The summed E-state index contributed by atoms with van der Waals surface area (Å²) in [7, 11) is 1.33. The lowest BCUT2D eigenvalue weighted by molar-refractivity contribution is -0.145. The molecule has 0 saturated carbocycles. The van der Waals surface area contributed by atoms with E-state index in [2.05, 4.69) is 20.3 Å². The topological polar surface area (TPSA) is 70.7 Å². The van der Waals surface area contributed by atoms with Crippen LogP contribution in [-0.2, 0) is 14.3 Å². The minimum Gasteiger partial charge on any atom is -0.467 e. The van der Waals surface area contributed by atoms with Crippen LogP contribution in [0.4, 0.5) is 0 Å². The molecule has 1 amide bonds. The zero-order valence-corrected chi connectivity index (χ0v) is 9.78. The van der Waals surface area contributed by atoms with Crippen molar-refractivity contribution in [3.63, 3.8) is 0 Å². The molecule has 92 valence electrons. The third kappa shape index (κ3) is 4.16. The van der Waals surface area contributed by atoms with Gasteiger partial charge in [-0.15, -0.1) is 0 Å². The fourth-order valence-electron chi connectivity index (χ4n) is 1.72. The van der Waals surface area contributed by atoms with Gasteiger partial charge in [0.2, 0.25) is 5.91 Å². The van der Waals surface area contributed by atoms with Crippen molar-refractivity contribution in [2.24, 2.45) is 0 Å². The maximum absolute atomic E-state index is 11.4. The van der Waals surface area contributed by atoms with Crippen molar-refractivity contribution in [1.82, 2.24) is 15.5 Å². The SMILES string of the molecule is COC(=O)C(CN1CCNCC1)NC(C)=O. The number of ether oxygens (including phenoxy) is 1. The predicted octanol–water partition coefficient (Wildman–Crippen LogP) is -1.43. The second-order valence-electron chi connectivity index (χ2n) is 3.83. The van der Waals surface area contributed by atoms with E-state index < -0.39 is 12.0 Å². The molecule has 1 heterocycles. The van der Waals surface area contributed by atoms with Crippen molar-refractivity contribution in [3.8, 4) is 0 Å². The first-order chi connectivity index (χ1) is 7.63. The van der Waals surface area contributed by atoms with Crippen LogP contribution in [0.15, 0.2) is 0 Å². The molecule has 16 heavy (non-hydrogen) atoms. The van der Waals surface area contributed by atoms with Crippen LogP contribution < -0.4 is 10.6 Å². The average molecular weight is 229 g/mol. The van der Waals surface area contributed by atoms with Crippen LogP contribution in [0.5, 0.6) is 0 Å². The van der Waals surface area contributed by atoms with Gasteiger partial charge in [-0.25, -0.2) is 4.79 Å². The molecule has 0 aromatic carbocycles. The Labute approximate surface area is 95.3 Å². The van der Waals surface area contributed by atoms with Crippen molar-refractivity contribution in [2.75, 3.05) is 39.8 Å². The highest BCUT2D eigenvalue weighted by atomic mass is 16.5. The van der Waals surface area contributed by atoms with Gasteiger partial charge in [-0.1, -0.05) is 0 Å². The molecule has 1 rings (SSSR count). The number of methoxy groups -OCH3 is 1. The van der Waals surface area contributed by atoms with E-state index in [0.717, 1.165) is 26.2 Å². The Balaban J connectivity index is 2.47. The van der Waals surface area contributed by atoms with Crippen molar-refractivity contribution in [1.29, 1.82) is 0 Å². The average Bonchev–Trinajstić information content (AvgIpc) is 2.28. The molecule has 0 aromatic rings. The molecule has 6 heteroatoms. The highest BCUT2D eigenvalue weighted by Crippen LogP contribution is 1.97. The predicted molar refractivity (Wildman–Crippen MR) is 58.9 cm³/mol. The van der Waals surface area contributed by atoms with E-state index in [0.29, 0.717) is 6.54 Å². The molecule has 1 aliphatic rings. The summed E-state index contributed by atoms with van der Waals surface area (Å²) in [6.45, 7) is 5.49. The summed E-state index contributed by atoms with van der Waals surface area (Å²) < 4.78 is 4.66. The number of hydrogen-bond acceptors (Lipinski definition) is 5. The molecule has 0 bridgehead atoms. The molecule has 0 aliphatic carbocycles. The molecule has 6 nitrogen and oxygen atoms in total. The summed E-state index contributed by atoms with van der Waals surface area (Å²) in [5, 5.41) is 5.83. The standard InChI is InChI=1S/C10H19N3O3/c1-8(14)12-9(10(15)16-2)7-13-5-3-11-4-6-13/h9,11H,3-7H2,1-2H3,(H,12,14). The lowest BCUT2D eigenvalue weighted by Gasteiger charge is -2.29. The van der Waals surface area contributed by atoms with Gasteiger partial charge >= 0.3 is 5.97 Å². The summed E-state index contributed by atoms with van der Waals surface area (Å²) in [5.41, 5.74) is 0. The third-order valence-electron chi connectivity index (χ3n) is 2.51. The van der Waals surface area contributed by atoms with Gasteiger partial charge < -0.3 is 15.4 Å². The fraction of sp³-hybridized carbons (Fsp3) is 0.800. The van der Waals surface area contributed by atoms with Crippen LogP contribution >= 0.6 is 0 Å². The summed E-state index contributed by atoms with van der Waals surface area (Å²) >= 11 is 0. The fourth-order valence-corrected chi connectivity index (χ4v) is 1.72. The van der Waals surface area contributed by atoms with E-state index in [-0.39, 0.29) is 5.91 Å². The van der Waals surface area contributed by atoms with Gasteiger partial charge in [0.05, 0.1) is 7.11 Å². The van der Waals surface area contributed by atoms with Gasteiger partial charge in [-0.2, -0.15) is 0 Å². The second kappa shape index (κ2) is 6.44. The Bertz CT molecular complexity index is 252. The Kier molecular flexibility index (Phi) is 5.21.